The Balaban J connectivity index is 2.67. The molecule has 1 aliphatic heterocycles. The number of piperidine rings is 1. The second-order valence-corrected chi connectivity index (χ2v) is 4.17. The van der Waals surface area contributed by atoms with E-state index in [0.717, 1.165) is 19.3 Å². The minimum absolute atomic E-state index is 0.158. The summed E-state index contributed by atoms with van der Waals surface area (Å²) >= 11 is 0. The zero-order valence-electron chi connectivity index (χ0n) is 9.35. The van der Waals surface area contributed by atoms with Gasteiger partial charge in [-0.3, -0.25) is 4.84 Å². The molecule has 0 saturated carbocycles. The van der Waals surface area contributed by atoms with Gasteiger partial charge in [-0.25, -0.2) is 4.79 Å². The zero-order valence-corrected chi connectivity index (χ0v) is 9.35. The molecule has 0 aromatic heterocycles. The Bertz CT molecular complexity index is 241. The van der Waals surface area contributed by atoms with Crippen molar-refractivity contribution < 1.29 is 27.4 Å². The molecule has 6 heteroatoms. The number of alkyl halides is 3. The topological polar surface area (TPSA) is 26.3 Å². The molecule has 0 N–H and O–H groups in total. The predicted molar refractivity (Wildman–Crippen MR) is 51.2 cm³/mol. The summed E-state index contributed by atoms with van der Waals surface area (Å²) in [5.74, 6) is -2.07. The Morgan fingerprint density at radius 3 is 2.25 bits per heavy atom. The number of likely N-dealkylation sites (tertiary alicyclic amines) is 1. The first kappa shape index (κ1) is 13.3. The van der Waals surface area contributed by atoms with Crippen LogP contribution in [0, 0.1) is 0 Å². The first-order chi connectivity index (χ1) is 7.40. The van der Waals surface area contributed by atoms with E-state index in [0.29, 0.717) is 26.1 Å². The van der Waals surface area contributed by atoms with Crippen LogP contribution in [0.2, 0.25) is 0 Å². The van der Waals surface area contributed by atoms with Crippen molar-refractivity contribution in [2.75, 3.05) is 19.6 Å². The Morgan fingerprint density at radius 1 is 1.25 bits per heavy atom. The van der Waals surface area contributed by atoms with Crippen LogP contribution in [-0.4, -0.2) is 36.4 Å². The fourth-order valence-corrected chi connectivity index (χ4v) is 2.08. The molecule has 1 fully saturated rings. The lowest BCUT2D eigenvalue weighted by Crippen LogP contribution is -2.54. The maximum Gasteiger partial charge on any atom is 0.497 e. The Hall–Kier alpha value is -0.780. The number of hydroxylamine groups is 3. The standard InChI is InChI=1S/C10H17F3NO2/c1-2-6-14(7-4-3-5-8-14)16-9(15)10(11,12)13/h2-8H2,1H3/q+1. The van der Waals surface area contributed by atoms with Gasteiger partial charge in [-0.05, 0) is 12.8 Å². The fraction of sp³-hybridized carbons (Fsp3) is 0.900. The molecule has 1 aliphatic rings. The van der Waals surface area contributed by atoms with Crippen LogP contribution in [0.25, 0.3) is 0 Å². The lowest BCUT2D eigenvalue weighted by molar-refractivity contribution is -1.09. The number of halogens is 3. The van der Waals surface area contributed by atoms with E-state index in [9.17, 15) is 18.0 Å². The van der Waals surface area contributed by atoms with Gasteiger partial charge in [0.05, 0.1) is 0 Å². The monoisotopic (exact) mass is 240 g/mol. The Kier molecular flexibility index (Phi) is 4.18. The molecule has 3 nitrogen and oxygen atoms in total. The van der Waals surface area contributed by atoms with E-state index in [-0.39, 0.29) is 4.65 Å². The maximum atomic E-state index is 12.1. The summed E-state index contributed by atoms with van der Waals surface area (Å²) < 4.78 is 36.2. The SMILES string of the molecule is CCC[N+]1(OC(=O)C(F)(F)F)CCCCC1. The summed E-state index contributed by atoms with van der Waals surface area (Å²) in [5, 5.41) is 0. The van der Waals surface area contributed by atoms with Crippen molar-refractivity contribution in [3.05, 3.63) is 0 Å². The molecule has 0 amide bonds. The van der Waals surface area contributed by atoms with Gasteiger partial charge in [-0.15, -0.1) is 4.65 Å². The lowest BCUT2D eigenvalue weighted by Gasteiger charge is -2.37. The second-order valence-electron chi connectivity index (χ2n) is 4.17. The van der Waals surface area contributed by atoms with Gasteiger partial charge in [0.15, 0.2) is 0 Å². The third-order valence-corrected chi connectivity index (χ3v) is 2.77. The predicted octanol–water partition coefficient (Wildman–Crippen LogP) is 2.42. The van der Waals surface area contributed by atoms with Crippen LogP contribution >= 0.6 is 0 Å². The van der Waals surface area contributed by atoms with Crippen molar-refractivity contribution in [3.8, 4) is 0 Å². The van der Waals surface area contributed by atoms with Gasteiger partial charge < -0.3 is 0 Å². The van der Waals surface area contributed by atoms with Gasteiger partial charge in [-0.1, -0.05) is 6.92 Å². The molecule has 0 bridgehead atoms. The van der Waals surface area contributed by atoms with Crippen molar-refractivity contribution in [2.24, 2.45) is 0 Å². The summed E-state index contributed by atoms with van der Waals surface area (Å²) in [6.45, 7) is 3.32. The molecular formula is C10H17F3NO2+. The van der Waals surface area contributed by atoms with Crippen LogP contribution in [0.5, 0.6) is 0 Å². The van der Waals surface area contributed by atoms with E-state index in [1.807, 2.05) is 6.92 Å². The molecule has 1 heterocycles. The number of hydrogen-bond donors (Lipinski definition) is 0. The number of quaternary nitrogens is 1. The van der Waals surface area contributed by atoms with Crippen LogP contribution in [0.4, 0.5) is 13.2 Å². The van der Waals surface area contributed by atoms with Gasteiger partial charge >= 0.3 is 12.1 Å². The van der Waals surface area contributed by atoms with E-state index in [1.54, 1.807) is 0 Å². The van der Waals surface area contributed by atoms with E-state index in [2.05, 4.69) is 4.84 Å². The van der Waals surface area contributed by atoms with Crippen LogP contribution in [0.15, 0.2) is 0 Å². The van der Waals surface area contributed by atoms with Gasteiger partial charge in [0.25, 0.3) is 0 Å². The van der Waals surface area contributed by atoms with Crippen molar-refractivity contribution in [2.45, 2.75) is 38.8 Å². The first-order valence-corrected chi connectivity index (χ1v) is 5.56. The van der Waals surface area contributed by atoms with Crippen LogP contribution in [0.3, 0.4) is 0 Å². The van der Waals surface area contributed by atoms with Crippen molar-refractivity contribution in [1.29, 1.82) is 0 Å². The van der Waals surface area contributed by atoms with Crippen LogP contribution in [-0.2, 0) is 9.63 Å². The maximum absolute atomic E-state index is 12.1. The van der Waals surface area contributed by atoms with Gasteiger partial charge in [0.2, 0.25) is 0 Å². The molecule has 0 aromatic carbocycles. The van der Waals surface area contributed by atoms with Crippen molar-refractivity contribution in [3.63, 3.8) is 0 Å². The molecule has 0 unspecified atom stereocenters. The average Bonchev–Trinajstić information content (AvgIpc) is 2.17. The first-order valence-electron chi connectivity index (χ1n) is 5.56. The Morgan fingerprint density at radius 2 is 1.81 bits per heavy atom. The molecule has 0 aromatic rings. The highest BCUT2D eigenvalue weighted by Gasteiger charge is 2.48. The lowest BCUT2D eigenvalue weighted by atomic mass is 10.1. The number of nitrogens with zero attached hydrogens (tertiary/aromatic N) is 1. The Labute approximate surface area is 92.7 Å². The minimum Gasteiger partial charge on any atom is -0.266 e. The minimum atomic E-state index is -4.89. The van der Waals surface area contributed by atoms with Crippen molar-refractivity contribution in [1.82, 2.24) is 0 Å². The summed E-state index contributed by atoms with van der Waals surface area (Å²) in [7, 11) is 0. The number of hydrogen-bond acceptors (Lipinski definition) is 2. The number of rotatable bonds is 3. The van der Waals surface area contributed by atoms with E-state index < -0.39 is 12.1 Å². The third-order valence-electron chi connectivity index (χ3n) is 2.77. The third kappa shape index (κ3) is 3.37. The average molecular weight is 240 g/mol. The summed E-state index contributed by atoms with van der Waals surface area (Å²) in [6, 6.07) is 0. The number of carbonyl (C=O) groups is 1. The molecule has 1 saturated heterocycles. The van der Waals surface area contributed by atoms with E-state index >= 15 is 0 Å². The highest BCUT2D eigenvalue weighted by Crippen LogP contribution is 2.25. The van der Waals surface area contributed by atoms with E-state index in [4.69, 9.17) is 0 Å². The van der Waals surface area contributed by atoms with Crippen LogP contribution < -0.4 is 0 Å². The normalized spacial score (nSPS) is 20.5. The van der Waals surface area contributed by atoms with E-state index in [1.165, 1.54) is 0 Å². The number of carbonyl (C=O) groups excluding carboxylic acids is 1. The molecule has 0 aliphatic carbocycles. The quantitative estimate of drug-likeness (QED) is 0.708. The molecule has 16 heavy (non-hydrogen) atoms. The molecule has 0 spiro atoms. The largest absolute Gasteiger partial charge is 0.497 e. The molecule has 0 radical (unpaired) electrons. The van der Waals surface area contributed by atoms with Gasteiger partial charge in [-0.2, -0.15) is 13.2 Å². The molecule has 1 rings (SSSR count). The summed E-state index contributed by atoms with van der Waals surface area (Å²) in [5.41, 5.74) is 0. The highest BCUT2D eigenvalue weighted by molar-refractivity contribution is 5.74. The van der Waals surface area contributed by atoms with Gasteiger partial charge in [0.1, 0.15) is 19.6 Å². The molecule has 94 valence electrons. The van der Waals surface area contributed by atoms with Gasteiger partial charge in [0, 0.05) is 12.8 Å². The highest BCUT2D eigenvalue weighted by atomic mass is 19.4. The van der Waals surface area contributed by atoms with Crippen molar-refractivity contribution >= 4 is 5.97 Å². The fourth-order valence-electron chi connectivity index (χ4n) is 2.08. The smallest absolute Gasteiger partial charge is 0.266 e. The summed E-state index contributed by atoms with van der Waals surface area (Å²) in [4.78, 5) is 15.5. The second kappa shape index (κ2) is 5.03. The zero-order chi connectivity index (χ0) is 12.2. The molecular weight excluding hydrogens is 223 g/mol. The molecule has 0 atom stereocenters. The summed E-state index contributed by atoms with van der Waals surface area (Å²) in [6.07, 6.45) is -1.58. The van der Waals surface area contributed by atoms with Crippen LogP contribution in [0.1, 0.15) is 32.6 Å².